The summed E-state index contributed by atoms with van der Waals surface area (Å²) in [6.07, 6.45) is -4.79. The van der Waals surface area contributed by atoms with Crippen LogP contribution in [0.3, 0.4) is 0 Å². The van der Waals surface area contributed by atoms with Crippen molar-refractivity contribution in [3.63, 3.8) is 0 Å². The molecule has 2 N–H and O–H groups in total. The van der Waals surface area contributed by atoms with Gasteiger partial charge in [0.2, 0.25) is 0 Å². The number of amidine groups is 1. The minimum absolute atomic E-state index is 0.0108. The van der Waals surface area contributed by atoms with Crippen molar-refractivity contribution in [1.82, 2.24) is 14.6 Å². The molecule has 0 aliphatic rings. The molecule has 4 rings (SSSR count). The molecular weight excluding hydrogens is 510 g/mol. The molecule has 180 valence electrons. The highest BCUT2D eigenvalue weighted by atomic mass is 35.5. The van der Waals surface area contributed by atoms with Crippen molar-refractivity contribution in [2.24, 2.45) is 10.9 Å². The summed E-state index contributed by atoms with van der Waals surface area (Å²) in [6.45, 7) is 0. The molecule has 0 saturated carbocycles. The van der Waals surface area contributed by atoms with Crippen molar-refractivity contribution in [2.45, 2.75) is 6.18 Å². The Morgan fingerprint density at radius 1 is 1.06 bits per heavy atom. The van der Waals surface area contributed by atoms with Crippen LogP contribution in [0.4, 0.5) is 13.2 Å². The van der Waals surface area contributed by atoms with Gasteiger partial charge in [-0.3, -0.25) is 0 Å². The van der Waals surface area contributed by atoms with Crippen molar-refractivity contribution in [2.75, 3.05) is 7.11 Å². The van der Waals surface area contributed by atoms with E-state index in [0.29, 0.717) is 25.9 Å². The van der Waals surface area contributed by atoms with Gasteiger partial charge in [-0.1, -0.05) is 40.5 Å². The smallest absolute Gasteiger partial charge is 0.433 e. The van der Waals surface area contributed by atoms with Gasteiger partial charge in [-0.2, -0.15) is 18.3 Å². The molecule has 13 heteroatoms. The maximum absolute atomic E-state index is 13.7. The van der Waals surface area contributed by atoms with Gasteiger partial charge in [-0.25, -0.2) is 14.3 Å². The number of benzene rings is 2. The van der Waals surface area contributed by atoms with Crippen LogP contribution in [0.2, 0.25) is 10.0 Å². The number of nitrogens with zero attached hydrogens (tertiary/aromatic N) is 4. The fourth-order valence-corrected chi connectivity index (χ4v) is 3.41. The Bertz CT molecular complexity index is 1450. The number of ether oxygens (including phenoxy) is 1. The molecule has 2 aromatic carbocycles. The molecule has 0 saturated heterocycles. The summed E-state index contributed by atoms with van der Waals surface area (Å²) in [5.41, 5.74) is 4.66. The highest BCUT2D eigenvalue weighted by Crippen LogP contribution is 2.32. The van der Waals surface area contributed by atoms with E-state index in [2.05, 4.69) is 15.2 Å². The molecule has 0 spiro atoms. The number of carbonyl (C=O) groups is 1. The lowest BCUT2D eigenvalue weighted by molar-refractivity contribution is -0.142. The van der Waals surface area contributed by atoms with Crippen LogP contribution >= 0.6 is 23.2 Å². The normalized spacial score (nSPS) is 12.1. The van der Waals surface area contributed by atoms with Crippen LogP contribution < -0.4 is 10.5 Å². The predicted molar refractivity (Wildman–Crippen MR) is 123 cm³/mol. The van der Waals surface area contributed by atoms with Crippen LogP contribution in [0.1, 0.15) is 21.7 Å². The van der Waals surface area contributed by atoms with E-state index in [-0.39, 0.29) is 22.7 Å². The minimum atomic E-state index is -4.79. The molecule has 0 unspecified atom stereocenters. The Balaban J connectivity index is 1.69. The zero-order chi connectivity index (χ0) is 25.3. The van der Waals surface area contributed by atoms with Gasteiger partial charge in [0.25, 0.3) is 0 Å². The zero-order valence-electron chi connectivity index (χ0n) is 17.7. The number of rotatable bonds is 5. The molecule has 0 amide bonds. The lowest BCUT2D eigenvalue weighted by Gasteiger charge is -2.11. The van der Waals surface area contributed by atoms with E-state index in [9.17, 15) is 18.0 Å². The van der Waals surface area contributed by atoms with Crippen molar-refractivity contribution >= 4 is 40.7 Å². The van der Waals surface area contributed by atoms with Gasteiger partial charge >= 0.3 is 12.1 Å². The SMILES string of the molecule is COc1ccc(Cl)cc1/C(N)=N/OC(=O)c1cc2nc(-c3ccc(Cl)cc3)cc(C(F)(F)F)n2n1. The zero-order valence-corrected chi connectivity index (χ0v) is 19.2. The Morgan fingerprint density at radius 2 is 1.74 bits per heavy atom. The summed E-state index contributed by atoms with van der Waals surface area (Å²) < 4.78 is 46.9. The summed E-state index contributed by atoms with van der Waals surface area (Å²) in [4.78, 5) is 21.5. The molecule has 0 aliphatic heterocycles. The predicted octanol–water partition coefficient (Wildman–Crippen LogP) is 5.21. The van der Waals surface area contributed by atoms with E-state index in [0.717, 1.165) is 12.1 Å². The van der Waals surface area contributed by atoms with Crippen LogP contribution in [0.5, 0.6) is 5.75 Å². The van der Waals surface area contributed by atoms with Crippen LogP contribution in [-0.2, 0) is 11.0 Å². The fourth-order valence-electron chi connectivity index (χ4n) is 3.11. The van der Waals surface area contributed by atoms with Crippen molar-refractivity contribution in [3.8, 4) is 17.0 Å². The van der Waals surface area contributed by atoms with Crippen LogP contribution in [0.15, 0.2) is 59.8 Å². The third kappa shape index (κ3) is 5.15. The summed E-state index contributed by atoms with van der Waals surface area (Å²) in [7, 11) is 1.40. The highest BCUT2D eigenvalue weighted by molar-refractivity contribution is 6.31. The first-order valence-electron chi connectivity index (χ1n) is 9.69. The number of oxime groups is 1. The van der Waals surface area contributed by atoms with Gasteiger partial charge in [0.1, 0.15) is 5.75 Å². The van der Waals surface area contributed by atoms with E-state index in [4.69, 9.17) is 38.5 Å². The average molecular weight is 524 g/mol. The molecule has 0 aliphatic carbocycles. The van der Waals surface area contributed by atoms with Crippen molar-refractivity contribution in [3.05, 3.63) is 81.6 Å². The van der Waals surface area contributed by atoms with E-state index < -0.39 is 23.5 Å². The quantitative estimate of drug-likeness (QED) is 0.167. The number of methoxy groups -OCH3 is 1. The van der Waals surface area contributed by atoms with Crippen LogP contribution in [0, 0.1) is 0 Å². The first-order chi connectivity index (χ1) is 16.6. The van der Waals surface area contributed by atoms with Gasteiger partial charge < -0.3 is 15.3 Å². The number of aromatic nitrogens is 3. The van der Waals surface area contributed by atoms with E-state index in [1.165, 1.54) is 43.5 Å². The molecule has 35 heavy (non-hydrogen) atoms. The molecule has 8 nitrogen and oxygen atoms in total. The Morgan fingerprint density at radius 3 is 2.40 bits per heavy atom. The number of nitrogens with two attached hydrogens (primary N) is 1. The number of hydrogen-bond donors (Lipinski definition) is 1. The number of alkyl halides is 3. The summed E-state index contributed by atoms with van der Waals surface area (Å²) in [5, 5.41) is 7.99. The minimum Gasteiger partial charge on any atom is -0.496 e. The number of fused-ring (bicyclic) bond motifs is 1. The lowest BCUT2D eigenvalue weighted by atomic mass is 10.1. The van der Waals surface area contributed by atoms with Gasteiger partial charge in [-0.15, -0.1) is 0 Å². The van der Waals surface area contributed by atoms with E-state index in [1.807, 2.05) is 0 Å². The van der Waals surface area contributed by atoms with Crippen LogP contribution in [0.25, 0.3) is 16.9 Å². The topological polar surface area (TPSA) is 104 Å². The summed E-state index contributed by atoms with van der Waals surface area (Å²) in [6, 6.07) is 12.5. The lowest BCUT2D eigenvalue weighted by Crippen LogP contribution is -2.17. The molecule has 0 radical (unpaired) electrons. The molecule has 0 atom stereocenters. The summed E-state index contributed by atoms with van der Waals surface area (Å²) >= 11 is 11.8. The molecule has 0 bridgehead atoms. The first kappa shape index (κ1) is 24.3. The second kappa shape index (κ2) is 9.43. The fraction of sp³-hybridized carbons (Fsp3) is 0.0909. The second-order valence-corrected chi connectivity index (χ2v) is 7.90. The number of carbonyl (C=O) groups excluding carboxylic acids is 1. The van der Waals surface area contributed by atoms with Gasteiger partial charge in [0, 0.05) is 21.7 Å². The first-order valence-corrected chi connectivity index (χ1v) is 10.4. The Labute approximate surface area is 205 Å². The Hall–Kier alpha value is -3.83. The molecule has 4 aromatic rings. The highest BCUT2D eigenvalue weighted by Gasteiger charge is 2.36. The van der Waals surface area contributed by atoms with Gasteiger partial charge in [0.05, 0.1) is 18.4 Å². The maximum Gasteiger partial charge on any atom is 0.433 e. The summed E-state index contributed by atoms with van der Waals surface area (Å²) in [5.74, 6) is -1.09. The van der Waals surface area contributed by atoms with Crippen molar-refractivity contribution in [1.29, 1.82) is 0 Å². The maximum atomic E-state index is 13.7. The van der Waals surface area contributed by atoms with E-state index >= 15 is 0 Å². The molecule has 2 heterocycles. The number of hydrogen-bond acceptors (Lipinski definition) is 6. The van der Waals surface area contributed by atoms with Crippen LogP contribution in [-0.4, -0.2) is 33.5 Å². The largest absolute Gasteiger partial charge is 0.496 e. The van der Waals surface area contributed by atoms with Crippen molar-refractivity contribution < 1.29 is 27.5 Å². The molecular formula is C22H14Cl2F3N5O3. The molecule has 2 aromatic heterocycles. The van der Waals surface area contributed by atoms with Gasteiger partial charge in [0.15, 0.2) is 22.9 Å². The molecule has 0 fully saturated rings. The van der Waals surface area contributed by atoms with Gasteiger partial charge in [-0.05, 0) is 36.4 Å². The standard InChI is InChI=1S/C22H14Cl2F3N5O3/c1-34-17-7-6-13(24)8-14(17)20(28)31-35-21(33)16-10-19-29-15(11-2-4-12(23)5-3-11)9-18(22(25,26)27)32(19)30-16/h2-10H,1H3,(H2,28,31). The van der Waals surface area contributed by atoms with E-state index in [1.54, 1.807) is 6.07 Å². The second-order valence-electron chi connectivity index (χ2n) is 7.03. The number of halogens is 5. The third-order valence-electron chi connectivity index (χ3n) is 4.73. The monoisotopic (exact) mass is 523 g/mol. The third-order valence-corrected chi connectivity index (χ3v) is 5.22. The Kier molecular flexibility index (Phi) is 6.55. The average Bonchev–Trinajstić information content (AvgIpc) is 3.25.